The highest BCUT2D eigenvalue weighted by molar-refractivity contribution is 5.85. The van der Waals surface area contributed by atoms with Gasteiger partial charge in [0.05, 0.1) is 0 Å². The zero-order valence-electron chi connectivity index (χ0n) is 9.20. The first kappa shape index (κ1) is 12.7. The predicted octanol–water partition coefficient (Wildman–Crippen LogP) is 3.93. The van der Waals surface area contributed by atoms with Crippen LogP contribution in [0.15, 0.2) is 36.4 Å². The van der Waals surface area contributed by atoms with Crippen LogP contribution in [-0.2, 0) is 0 Å². The second-order valence-corrected chi connectivity index (χ2v) is 3.62. The largest absolute Gasteiger partial charge is 0.258 e. The summed E-state index contributed by atoms with van der Waals surface area (Å²) in [5.74, 6) is -0.192. The summed E-state index contributed by atoms with van der Waals surface area (Å²) in [6.45, 7) is 3.83. The molecule has 0 atom stereocenters. The van der Waals surface area contributed by atoms with E-state index in [0.29, 0.717) is 5.56 Å². The second kappa shape index (κ2) is 5.08. The van der Waals surface area contributed by atoms with Crippen LogP contribution >= 0.6 is 12.4 Å². The van der Waals surface area contributed by atoms with Gasteiger partial charge in [-0.2, -0.15) is 0 Å². The quantitative estimate of drug-likeness (QED) is 0.733. The molecule has 0 spiro atoms. The molecule has 3 heteroatoms. The monoisotopic (exact) mass is 237 g/mol. The highest BCUT2D eigenvalue weighted by Gasteiger charge is 2.04. The highest BCUT2D eigenvalue weighted by Crippen LogP contribution is 2.23. The van der Waals surface area contributed by atoms with E-state index >= 15 is 0 Å². The Morgan fingerprint density at radius 1 is 1.00 bits per heavy atom. The molecule has 0 amide bonds. The molecule has 0 N–H and O–H groups in total. The number of aryl methyl sites for hydroxylation is 2. The summed E-state index contributed by atoms with van der Waals surface area (Å²) in [6.07, 6.45) is 0. The molecule has 1 aromatic heterocycles. The van der Waals surface area contributed by atoms with Gasteiger partial charge in [0.25, 0.3) is 0 Å². The first-order valence-electron chi connectivity index (χ1n) is 4.87. The molecular formula is C13H13ClFN. The van der Waals surface area contributed by atoms with Crippen molar-refractivity contribution in [2.24, 2.45) is 0 Å². The summed E-state index contributed by atoms with van der Waals surface area (Å²) in [4.78, 5) is 4.27. The number of rotatable bonds is 1. The van der Waals surface area contributed by atoms with Gasteiger partial charge in [0.1, 0.15) is 5.82 Å². The molecule has 0 aliphatic heterocycles. The van der Waals surface area contributed by atoms with Crippen molar-refractivity contribution in [1.82, 2.24) is 4.98 Å². The van der Waals surface area contributed by atoms with Crippen molar-refractivity contribution in [3.63, 3.8) is 0 Å². The number of nitrogens with zero attached hydrogens (tertiary/aromatic N) is 1. The molecule has 84 valence electrons. The molecule has 0 radical (unpaired) electrons. The Hall–Kier alpha value is -1.41. The fraction of sp³-hybridized carbons (Fsp3) is 0.154. The Balaban J connectivity index is 0.00000128. The maximum Gasteiger partial charge on any atom is 0.131 e. The molecular weight excluding hydrogens is 225 g/mol. The van der Waals surface area contributed by atoms with Gasteiger partial charge in [-0.3, -0.25) is 4.98 Å². The van der Waals surface area contributed by atoms with Gasteiger partial charge >= 0.3 is 0 Å². The van der Waals surface area contributed by atoms with Gasteiger partial charge in [-0.1, -0.05) is 18.2 Å². The van der Waals surface area contributed by atoms with Crippen molar-refractivity contribution in [2.45, 2.75) is 13.8 Å². The predicted molar refractivity (Wildman–Crippen MR) is 66.4 cm³/mol. The number of benzene rings is 1. The van der Waals surface area contributed by atoms with E-state index in [-0.39, 0.29) is 18.2 Å². The molecule has 1 aromatic carbocycles. The summed E-state index contributed by atoms with van der Waals surface area (Å²) in [7, 11) is 0. The van der Waals surface area contributed by atoms with E-state index in [1.54, 1.807) is 12.1 Å². The van der Waals surface area contributed by atoms with Crippen molar-refractivity contribution in [2.75, 3.05) is 0 Å². The first-order chi connectivity index (χ1) is 7.16. The number of aromatic nitrogens is 1. The average molecular weight is 238 g/mol. The Bertz CT molecular complexity index is 477. The van der Waals surface area contributed by atoms with Crippen LogP contribution in [0.2, 0.25) is 0 Å². The molecule has 1 nitrogen and oxygen atoms in total. The van der Waals surface area contributed by atoms with E-state index in [1.807, 2.05) is 32.0 Å². The van der Waals surface area contributed by atoms with Crippen LogP contribution in [0.3, 0.4) is 0 Å². The fourth-order valence-electron chi connectivity index (χ4n) is 1.69. The second-order valence-electron chi connectivity index (χ2n) is 3.62. The standard InChI is InChI=1S/C13H12FN.ClH/c1-9-7-11(8-10(2)15-9)12-5-3-4-6-13(12)14;/h3-8H,1-2H3;1H. The third-order valence-electron chi connectivity index (χ3n) is 2.27. The Labute approximate surface area is 101 Å². The zero-order chi connectivity index (χ0) is 10.8. The minimum Gasteiger partial charge on any atom is -0.258 e. The van der Waals surface area contributed by atoms with Gasteiger partial charge in [0.15, 0.2) is 0 Å². The van der Waals surface area contributed by atoms with E-state index in [2.05, 4.69) is 4.98 Å². The van der Waals surface area contributed by atoms with E-state index in [4.69, 9.17) is 0 Å². The molecule has 0 aliphatic rings. The summed E-state index contributed by atoms with van der Waals surface area (Å²) < 4.78 is 13.5. The summed E-state index contributed by atoms with van der Waals surface area (Å²) in [6, 6.07) is 10.6. The van der Waals surface area contributed by atoms with Gasteiger partial charge in [0, 0.05) is 17.0 Å². The van der Waals surface area contributed by atoms with Gasteiger partial charge in [0.2, 0.25) is 0 Å². The average Bonchev–Trinajstić information content (AvgIpc) is 2.16. The lowest BCUT2D eigenvalue weighted by Crippen LogP contribution is -1.90. The van der Waals surface area contributed by atoms with Crippen molar-refractivity contribution in [1.29, 1.82) is 0 Å². The third kappa shape index (κ3) is 2.58. The molecule has 0 unspecified atom stereocenters. The molecule has 0 aliphatic carbocycles. The van der Waals surface area contributed by atoms with Crippen molar-refractivity contribution < 1.29 is 4.39 Å². The summed E-state index contributed by atoms with van der Waals surface area (Å²) in [5, 5.41) is 0. The SMILES string of the molecule is Cc1cc(-c2ccccc2F)cc(C)n1.Cl. The number of pyridine rings is 1. The molecule has 2 rings (SSSR count). The van der Waals surface area contributed by atoms with E-state index in [1.165, 1.54) is 6.07 Å². The lowest BCUT2D eigenvalue weighted by atomic mass is 10.0. The van der Waals surface area contributed by atoms with Gasteiger partial charge in [-0.25, -0.2) is 4.39 Å². The first-order valence-corrected chi connectivity index (χ1v) is 4.87. The number of hydrogen-bond acceptors (Lipinski definition) is 1. The molecule has 0 fully saturated rings. The van der Waals surface area contributed by atoms with Crippen LogP contribution in [-0.4, -0.2) is 4.98 Å². The minimum absolute atomic E-state index is 0. The lowest BCUT2D eigenvalue weighted by Gasteiger charge is -2.05. The van der Waals surface area contributed by atoms with E-state index in [0.717, 1.165) is 17.0 Å². The Morgan fingerprint density at radius 2 is 1.56 bits per heavy atom. The van der Waals surface area contributed by atoms with Crippen molar-refractivity contribution in [3.8, 4) is 11.1 Å². The van der Waals surface area contributed by atoms with Gasteiger partial charge in [-0.05, 0) is 37.6 Å². The molecule has 16 heavy (non-hydrogen) atoms. The zero-order valence-corrected chi connectivity index (χ0v) is 10.0. The van der Waals surface area contributed by atoms with Crippen molar-refractivity contribution in [3.05, 3.63) is 53.6 Å². The molecule has 1 heterocycles. The summed E-state index contributed by atoms with van der Waals surface area (Å²) >= 11 is 0. The Kier molecular flexibility index (Phi) is 4.02. The van der Waals surface area contributed by atoms with Crippen LogP contribution < -0.4 is 0 Å². The lowest BCUT2D eigenvalue weighted by molar-refractivity contribution is 0.631. The fourth-order valence-corrected chi connectivity index (χ4v) is 1.69. The smallest absolute Gasteiger partial charge is 0.131 e. The Morgan fingerprint density at radius 3 is 2.12 bits per heavy atom. The maximum atomic E-state index is 13.5. The number of halogens is 2. The summed E-state index contributed by atoms with van der Waals surface area (Å²) in [5.41, 5.74) is 3.34. The van der Waals surface area contributed by atoms with Crippen LogP contribution in [0.5, 0.6) is 0 Å². The van der Waals surface area contributed by atoms with Crippen LogP contribution in [0.4, 0.5) is 4.39 Å². The topological polar surface area (TPSA) is 12.9 Å². The molecule has 0 saturated carbocycles. The number of hydrogen-bond donors (Lipinski definition) is 0. The van der Waals surface area contributed by atoms with E-state index < -0.39 is 0 Å². The maximum absolute atomic E-state index is 13.5. The van der Waals surface area contributed by atoms with Crippen molar-refractivity contribution >= 4 is 12.4 Å². The van der Waals surface area contributed by atoms with Gasteiger partial charge < -0.3 is 0 Å². The molecule has 0 bridgehead atoms. The molecule has 2 aromatic rings. The highest BCUT2D eigenvalue weighted by atomic mass is 35.5. The molecule has 0 saturated heterocycles. The van der Waals surface area contributed by atoms with Crippen LogP contribution in [0.1, 0.15) is 11.4 Å². The van der Waals surface area contributed by atoms with Gasteiger partial charge in [-0.15, -0.1) is 12.4 Å². The van der Waals surface area contributed by atoms with Crippen LogP contribution in [0.25, 0.3) is 11.1 Å². The van der Waals surface area contributed by atoms with E-state index in [9.17, 15) is 4.39 Å². The normalized spacial score (nSPS) is 9.69. The minimum atomic E-state index is -0.192. The third-order valence-corrected chi connectivity index (χ3v) is 2.27. The van der Waals surface area contributed by atoms with Crippen LogP contribution in [0, 0.1) is 19.7 Å².